The number of rotatable bonds is 5. The number of amidine groups is 1. The average molecular weight is 463 g/mol. The quantitative estimate of drug-likeness (QED) is 0.307. The van der Waals surface area contributed by atoms with Gasteiger partial charge in [-0.3, -0.25) is 5.41 Å². The molecule has 1 atom stereocenters. The van der Waals surface area contributed by atoms with Gasteiger partial charge in [-0.1, -0.05) is 5.21 Å². The maximum absolute atomic E-state index is 15.3. The van der Waals surface area contributed by atoms with Gasteiger partial charge in [0.2, 0.25) is 0 Å². The number of hydrogen-bond acceptors (Lipinski definition) is 7. The smallest absolute Gasteiger partial charge is 0.257 e. The summed E-state index contributed by atoms with van der Waals surface area (Å²) in [7, 11) is 1.79. The summed E-state index contributed by atoms with van der Waals surface area (Å²) in [6.45, 7) is 1.59. The fraction of sp³-hybridized carbons (Fsp3) is 0.130. The van der Waals surface area contributed by atoms with E-state index in [2.05, 4.69) is 20.6 Å². The minimum absolute atomic E-state index is 0.132. The van der Waals surface area contributed by atoms with Crippen molar-refractivity contribution in [1.29, 1.82) is 5.41 Å². The van der Waals surface area contributed by atoms with Crippen LogP contribution in [0.15, 0.2) is 36.4 Å². The van der Waals surface area contributed by atoms with Gasteiger partial charge in [-0.05, 0) is 43.3 Å². The summed E-state index contributed by atoms with van der Waals surface area (Å²) in [5.74, 6) is -0.0304. The van der Waals surface area contributed by atoms with Crippen LogP contribution < -0.4 is 26.4 Å². The first kappa shape index (κ1) is 21.3. The number of benzene rings is 2. The Hall–Kier alpha value is -4.54. The molecule has 4 N–H and O–H groups in total. The van der Waals surface area contributed by atoms with Gasteiger partial charge in [0.25, 0.3) is 6.36 Å². The van der Waals surface area contributed by atoms with Crippen molar-refractivity contribution in [3.05, 3.63) is 64.0 Å². The van der Waals surface area contributed by atoms with Gasteiger partial charge < -0.3 is 20.5 Å². The maximum atomic E-state index is 15.3. The molecule has 0 saturated carbocycles. The second-order valence-corrected chi connectivity index (χ2v) is 7.68. The summed E-state index contributed by atoms with van der Waals surface area (Å²) >= 11 is 0. The zero-order chi connectivity index (χ0) is 24.0. The Balaban J connectivity index is 1.49. The zero-order valence-corrected chi connectivity index (χ0v) is 18.1. The molecule has 0 bridgehead atoms. The number of nitrogens with one attached hydrogen (secondary N) is 2. The molecule has 0 aliphatic carbocycles. The van der Waals surface area contributed by atoms with Gasteiger partial charge in [-0.25, -0.2) is 14.1 Å². The molecular formula is C23H19F2N7O2. The second-order valence-electron chi connectivity index (χ2n) is 7.68. The van der Waals surface area contributed by atoms with Crippen LogP contribution in [0, 0.1) is 18.2 Å². The first-order chi connectivity index (χ1) is 16.3. The summed E-state index contributed by atoms with van der Waals surface area (Å²) in [5, 5.41) is 19.3. The molecule has 0 fully saturated rings. The highest BCUT2D eigenvalue weighted by atomic mass is 19.1. The van der Waals surface area contributed by atoms with Crippen molar-refractivity contribution in [2.24, 2.45) is 12.8 Å². The number of aryl methyl sites for hydroxylation is 1. The van der Waals surface area contributed by atoms with Gasteiger partial charge in [0.15, 0.2) is 5.82 Å². The molecule has 0 spiro atoms. The number of nitrogens with zero attached hydrogens (tertiary/aromatic N) is 4. The van der Waals surface area contributed by atoms with E-state index in [1.165, 1.54) is 18.2 Å². The first-order valence-electron chi connectivity index (χ1n) is 10.2. The number of alkyl halides is 1. The molecule has 172 valence electrons. The van der Waals surface area contributed by atoms with E-state index in [1.54, 1.807) is 36.9 Å². The van der Waals surface area contributed by atoms with E-state index in [9.17, 15) is 4.39 Å². The van der Waals surface area contributed by atoms with Crippen LogP contribution in [0.2, 0.25) is 0 Å². The maximum Gasteiger partial charge on any atom is 0.257 e. The summed E-state index contributed by atoms with van der Waals surface area (Å²) in [4.78, 5) is 4.18. The molecule has 9 nitrogen and oxygen atoms in total. The lowest BCUT2D eigenvalue weighted by atomic mass is 10.1. The van der Waals surface area contributed by atoms with Crippen molar-refractivity contribution in [3.8, 4) is 11.5 Å². The molecule has 0 amide bonds. The van der Waals surface area contributed by atoms with Crippen LogP contribution in [-0.2, 0) is 11.8 Å². The number of aromatic nitrogens is 4. The number of fused-ring (bicyclic) bond motifs is 2. The lowest BCUT2D eigenvalue weighted by Gasteiger charge is -2.16. The summed E-state index contributed by atoms with van der Waals surface area (Å²) in [5.41, 5.74) is 7.94. The molecule has 34 heavy (non-hydrogen) atoms. The van der Waals surface area contributed by atoms with E-state index >= 15 is 4.39 Å². The van der Waals surface area contributed by atoms with Gasteiger partial charge in [0, 0.05) is 23.9 Å². The minimum atomic E-state index is -1.67. The molecule has 1 unspecified atom stereocenters. The van der Waals surface area contributed by atoms with Crippen molar-refractivity contribution in [1.82, 2.24) is 20.0 Å². The minimum Gasteiger partial charge on any atom is -0.462 e. The number of halogens is 2. The van der Waals surface area contributed by atoms with Gasteiger partial charge in [-0.15, -0.1) is 5.10 Å². The lowest BCUT2D eigenvalue weighted by Crippen LogP contribution is -2.37. The molecule has 11 heteroatoms. The van der Waals surface area contributed by atoms with Crippen LogP contribution in [-0.4, -0.2) is 32.2 Å². The molecule has 1 aliphatic heterocycles. The molecule has 2 aromatic heterocycles. The third-order valence-electron chi connectivity index (χ3n) is 5.39. The number of hydrogen-bond donors (Lipinski definition) is 3. The predicted molar refractivity (Wildman–Crippen MR) is 122 cm³/mol. The molecule has 0 saturated heterocycles. The van der Waals surface area contributed by atoms with Crippen molar-refractivity contribution in [3.63, 3.8) is 0 Å². The van der Waals surface area contributed by atoms with Crippen LogP contribution in [0.1, 0.15) is 11.3 Å². The number of nitrogens with two attached hydrogens (primary N) is 1. The van der Waals surface area contributed by atoms with Crippen LogP contribution in [0.3, 0.4) is 0 Å². The number of pyridine rings is 1. The van der Waals surface area contributed by atoms with Gasteiger partial charge in [-0.2, -0.15) is 4.39 Å². The fourth-order valence-electron chi connectivity index (χ4n) is 3.61. The average Bonchev–Trinajstić information content (AvgIpc) is 3.18. The van der Waals surface area contributed by atoms with Gasteiger partial charge >= 0.3 is 0 Å². The van der Waals surface area contributed by atoms with Crippen molar-refractivity contribution >= 4 is 40.6 Å². The summed E-state index contributed by atoms with van der Waals surface area (Å²) < 4.78 is 41.5. The fourth-order valence-corrected chi connectivity index (χ4v) is 3.61. The summed E-state index contributed by atoms with van der Waals surface area (Å²) in [6.07, 6.45) is 0.677. The zero-order valence-electron chi connectivity index (χ0n) is 18.1. The van der Waals surface area contributed by atoms with Crippen molar-refractivity contribution in [2.45, 2.75) is 13.3 Å². The normalized spacial score (nSPS) is 14.5. The van der Waals surface area contributed by atoms with Crippen LogP contribution >= 0.6 is 0 Å². The van der Waals surface area contributed by atoms with Crippen molar-refractivity contribution < 1.29 is 18.3 Å². The Morgan fingerprint density at radius 1 is 1.24 bits per heavy atom. The molecule has 3 heterocycles. The monoisotopic (exact) mass is 463 g/mol. The standard InChI is InChI=1S/C23H19F2N7O2/c1-11-20(34-12-3-5-19-16(7-12)30-31-32(19)2)6-4-14(22(11)25)28-15-9-17(23(26)27)29-18-10-33-21(24)8-13(15)18/h3-10,21,28H,1-2H3,(H3,26,27). The Morgan fingerprint density at radius 3 is 2.85 bits per heavy atom. The van der Waals surface area contributed by atoms with Gasteiger partial charge in [0.05, 0.1) is 16.9 Å². The number of ether oxygens (including phenoxy) is 2. The molecule has 2 aromatic carbocycles. The Kier molecular flexibility index (Phi) is 5.08. The number of anilines is 2. The summed E-state index contributed by atoms with van der Waals surface area (Å²) in [6, 6.07) is 9.89. The van der Waals surface area contributed by atoms with Crippen LogP contribution in [0.25, 0.3) is 23.4 Å². The van der Waals surface area contributed by atoms with E-state index in [0.717, 1.165) is 11.8 Å². The van der Waals surface area contributed by atoms with E-state index in [-0.39, 0.29) is 28.1 Å². The van der Waals surface area contributed by atoms with E-state index < -0.39 is 12.2 Å². The van der Waals surface area contributed by atoms with Crippen LogP contribution in [0.4, 0.5) is 20.2 Å². The highest BCUT2D eigenvalue weighted by molar-refractivity contribution is 5.94. The molecule has 4 aromatic rings. The Morgan fingerprint density at radius 2 is 2.06 bits per heavy atom. The lowest BCUT2D eigenvalue weighted by molar-refractivity contribution is 0.106. The van der Waals surface area contributed by atoms with Gasteiger partial charge in [0.1, 0.15) is 40.2 Å². The molecule has 5 rings (SSSR count). The Labute approximate surface area is 191 Å². The largest absolute Gasteiger partial charge is 0.462 e. The SMILES string of the molecule is Cc1c(Oc2ccc3c(c2)nnn3C)ccc(Nc2cc(C(=N)N)nc3c2=CC(F)OC=3)c1F. The molecular weight excluding hydrogens is 444 g/mol. The topological polar surface area (TPSA) is 124 Å². The number of nitrogen functional groups attached to an aromatic ring is 1. The third kappa shape index (κ3) is 3.76. The van der Waals surface area contributed by atoms with E-state index in [1.807, 2.05) is 6.07 Å². The molecule has 0 radical (unpaired) electrons. The first-order valence-corrected chi connectivity index (χ1v) is 10.2. The van der Waals surface area contributed by atoms with Crippen molar-refractivity contribution in [2.75, 3.05) is 5.32 Å². The Bertz CT molecular complexity index is 1580. The van der Waals surface area contributed by atoms with E-state index in [0.29, 0.717) is 27.9 Å². The van der Waals surface area contributed by atoms with E-state index in [4.69, 9.17) is 20.6 Å². The third-order valence-corrected chi connectivity index (χ3v) is 5.39. The van der Waals surface area contributed by atoms with Crippen LogP contribution in [0.5, 0.6) is 11.5 Å². The predicted octanol–water partition coefficient (Wildman–Crippen LogP) is 2.48. The highest BCUT2D eigenvalue weighted by Gasteiger charge is 2.16. The molecule has 1 aliphatic rings. The highest BCUT2D eigenvalue weighted by Crippen LogP contribution is 2.32. The second kappa shape index (κ2) is 8.10.